The van der Waals surface area contributed by atoms with E-state index in [1.54, 1.807) is 24.4 Å². The lowest BCUT2D eigenvalue weighted by atomic mass is 10.1. The summed E-state index contributed by atoms with van der Waals surface area (Å²) in [5.41, 5.74) is 3.58. The van der Waals surface area contributed by atoms with Crippen molar-refractivity contribution in [3.8, 4) is 23.1 Å². The third-order valence-corrected chi connectivity index (χ3v) is 4.58. The fourth-order valence-electron chi connectivity index (χ4n) is 3.08. The maximum Gasteiger partial charge on any atom is 0.254 e. The van der Waals surface area contributed by atoms with Gasteiger partial charge in [-0.15, -0.1) is 0 Å². The summed E-state index contributed by atoms with van der Waals surface area (Å²) in [4.78, 5) is 23.3. The molecule has 0 unspecified atom stereocenters. The number of carbonyl (C=O) groups excluding carboxylic acids is 1. The number of fused-ring (bicyclic) bond motifs is 1. The Morgan fingerprint density at radius 3 is 2.48 bits per heavy atom. The van der Waals surface area contributed by atoms with Gasteiger partial charge in [0.1, 0.15) is 0 Å². The van der Waals surface area contributed by atoms with Gasteiger partial charge in [0.2, 0.25) is 11.8 Å². The Morgan fingerprint density at radius 1 is 1.11 bits per heavy atom. The first kappa shape index (κ1) is 17.0. The number of hydrogen-bond donors (Lipinski definition) is 1. The van der Waals surface area contributed by atoms with E-state index in [1.807, 2.05) is 17.0 Å². The SMILES string of the molecule is COc1cc(OC)nc(-c2ccc(C(=O)N3CCc4[nH]ncc4C3)cc2)n1. The van der Waals surface area contributed by atoms with Gasteiger partial charge < -0.3 is 14.4 Å². The van der Waals surface area contributed by atoms with Crippen LogP contribution < -0.4 is 9.47 Å². The molecule has 3 aromatic rings. The first-order chi connectivity index (χ1) is 13.2. The standard InChI is InChI=1S/C19H19N5O3/c1-26-16-9-17(27-2)22-18(21-16)12-3-5-13(6-4-12)19(25)24-8-7-15-14(11-24)10-20-23-15/h3-6,9-10H,7-8,11H2,1-2H3,(H,20,23). The lowest BCUT2D eigenvalue weighted by Crippen LogP contribution is -2.35. The zero-order chi connectivity index (χ0) is 18.8. The minimum atomic E-state index is -0.00228. The van der Waals surface area contributed by atoms with Crippen LogP contribution in [0, 0.1) is 0 Å². The van der Waals surface area contributed by atoms with E-state index >= 15 is 0 Å². The quantitative estimate of drug-likeness (QED) is 0.761. The van der Waals surface area contributed by atoms with Gasteiger partial charge >= 0.3 is 0 Å². The Balaban J connectivity index is 1.55. The third-order valence-electron chi connectivity index (χ3n) is 4.58. The number of H-pyrrole nitrogens is 1. The van der Waals surface area contributed by atoms with E-state index < -0.39 is 0 Å². The van der Waals surface area contributed by atoms with E-state index in [2.05, 4.69) is 20.2 Å². The molecule has 0 saturated heterocycles. The van der Waals surface area contributed by atoms with Gasteiger partial charge in [0.25, 0.3) is 5.91 Å². The number of hydrogen-bond acceptors (Lipinski definition) is 6. The van der Waals surface area contributed by atoms with Gasteiger partial charge in [-0.1, -0.05) is 12.1 Å². The number of carbonyl (C=O) groups is 1. The number of nitrogens with one attached hydrogen (secondary N) is 1. The summed E-state index contributed by atoms with van der Waals surface area (Å²) >= 11 is 0. The third kappa shape index (κ3) is 3.33. The van der Waals surface area contributed by atoms with E-state index in [1.165, 1.54) is 14.2 Å². The van der Waals surface area contributed by atoms with Crippen molar-refractivity contribution in [2.75, 3.05) is 20.8 Å². The van der Waals surface area contributed by atoms with Crippen LogP contribution >= 0.6 is 0 Å². The number of benzene rings is 1. The van der Waals surface area contributed by atoms with Crippen molar-refractivity contribution in [1.29, 1.82) is 0 Å². The molecule has 0 fully saturated rings. The molecule has 0 atom stereocenters. The molecule has 4 rings (SSSR count). The minimum absolute atomic E-state index is 0.00228. The molecule has 1 aromatic carbocycles. The summed E-state index contributed by atoms with van der Waals surface area (Å²) < 4.78 is 10.4. The maximum absolute atomic E-state index is 12.8. The summed E-state index contributed by atoms with van der Waals surface area (Å²) in [6.07, 6.45) is 2.57. The minimum Gasteiger partial charge on any atom is -0.481 e. The van der Waals surface area contributed by atoms with Crippen molar-refractivity contribution in [3.05, 3.63) is 53.3 Å². The van der Waals surface area contributed by atoms with Crippen LogP contribution in [0.2, 0.25) is 0 Å². The molecule has 1 N–H and O–H groups in total. The Labute approximate surface area is 156 Å². The lowest BCUT2D eigenvalue weighted by Gasteiger charge is -2.26. The van der Waals surface area contributed by atoms with E-state index in [9.17, 15) is 4.79 Å². The van der Waals surface area contributed by atoms with Crippen LogP contribution in [0.15, 0.2) is 36.5 Å². The highest BCUT2D eigenvalue weighted by molar-refractivity contribution is 5.94. The summed E-state index contributed by atoms with van der Waals surface area (Å²) in [5, 5.41) is 7.03. The van der Waals surface area contributed by atoms with Crippen molar-refractivity contribution in [1.82, 2.24) is 25.1 Å². The van der Waals surface area contributed by atoms with E-state index in [4.69, 9.17) is 9.47 Å². The molecule has 0 saturated carbocycles. The van der Waals surface area contributed by atoms with Gasteiger partial charge in [0.15, 0.2) is 5.82 Å². The van der Waals surface area contributed by atoms with E-state index in [0.717, 1.165) is 23.2 Å². The molecule has 8 heteroatoms. The fourth-order valence-corrected chi connectivity index (χ4v) is 3.08. The number of ether oxygens (including phenoxy) is 2. The Kier molecular flexibility index (Phi) is 4.45. The van der Waals surface area contributed by atoms with Gasteiger partial charge in [-0.25, -0.2) is 0 Å². The molecular formula is C19H19N5O3. The first-order valence-corrected chi connectivity index (χ1v) is 8.56. The summed E-state index contributed by atoms with van der Waals surface area (Å²) in [7, 11) is 3.08. The van der Waals surface area contributed by atoms with Crippen LogP contribution in [0.25, 0.3) is 11.4 Å². The van der Waals surface area contributed by atoms with Crippen LogP contribution in [0.5, 0.6) is 11.8 Å². The Bertz CT molecular complexity index is 945. The lowest BCUT2D eigenvalue weighted by molar-refractivity contribution is 0.0734. The Hall–Kier alpha value is -3.42. The summed E-state index contributed by atoms with van der Waals surface area (Å²) in [6, 6.07) is 8.85. The van der Waals surface area contributed by atoms with Crippen LogP contribution in [-0.4, -0.2) is 51.7 Å². The molecule has 0 radical (unpaired) electrons. The van der Waals surface area contributed by atoms with Gasteiger partial charge in [-0.3, -0.25) is 9.89 Å². The number of methoxy groups -OCH3 is 2. The molecule has 2 aromatic heterocycles. The van der Waals surface area contributed by atoms with Gasteiger partial charge in [0.05, 0.1) is 26.5 Å². The molecule has 3 heterocycles. The zero-order valence-corrected chi connectivity index (χ0v) is 15.1. The second-order valence-electron chi connectivity index (χ2n) is 6.20. The molecule has 0 spiro atoms. The molecule has 8 nitrogen and oxygen atoms in total. The van der Waals surface area contributed by atoms with Crippen molar-refractivity contribution in [2.24, 2.45) is 0 Å². The molecule has 1 aliphatic rings. The van der Waals surface area contributed by atoms with Gasteiger partial charge in [-0.2, -0.15) is 15.1 Å². The normalized spacial score (nSPS) is 13.2. The zero-order valence-electron chi connectivity index (χ0n) is 15.1. The predicted octanol–water partition coefficient (Wildman–Crippen LogP) is 2.08. The number of aromatic nitrogens is 4. The number of nitrogens with zero attached hydrogens (tertiary/aromatic N) is 4. The van der Waals surface area contributed by atoms with Crippen LogP contribution in [0.1, 0.15) is 21.6 Å². The monoisotopic (exact) mass is 365 g/mol. The van der Waals surface area contributed by atoms with E-state index in [0.29, 0.717) is 36.2 Å². The molecule has 1 aliphatic heterocycles. The van der Waals surface area contributed by atoms with Crippen LogP contribution in [0.3, 0.4) is 0 Å². The van der Waals surface area contributed by atoms with E-state index in [-0.39, 0.29) is 5.91 Å². The van der Waals surface area contributed by atoms with Crippen molar-refractivity contribution in [2.45, 2.75) is 13.0 Å². The first-order valence-electron chi connectivity index (χ1n) is 8.56. The van der Waals surface area contributed by atoms with Gasteiger partial charge in [0, 0.05) is 41.9 Å². The number of amides is 1. The van der Waals surface area contributed by atoms with Gasteiger partial charge in [-0.05, 0) is 12.1 Å². The molecule has 138 valence electrons. The smallest absolute Gasteiger partial charge is 0.254 e. The molecular weight excluding hydrogens is 346 g/mol. The topological polar surface area (TPSA) is 93.2 Å². The predicted molar refractivity (Wildman–Crippen MR) is 97.6 cm³/mol. The summed E-state index contributed by atoms with van der Waals surface area (Å²) in [5.74, 6) is 1.31. The Morgan fingerprint density at radius 2 is 1.81 bits per heavy atom. The van der Waals surface area contributed by atoms with Crippen LogP contribution in [0.4, 0.5) is 0 Å². The second-order valence-corrected chi connectivity index (χ2v) is 6.20. The van der Waals surface area contributed by atoms with Crippen molar-refractivity contribution >= 4 is 5.91 Å². The highest BCUT2D eigenvalue weighted by Gasteiger charge is 2.23. The second kappa shape index (κ2) is 7.06. The largest absolute Gasteiger partial charge is 0.481 e. The van der Waals surface area contributed by atoms with Crippen molar-refractivity contribution in [3.63, 3.8) is 0 Å². The van der Waals surface area contributed by atoms with Crippen LogP contribution in [-0.2, 0) is 13.0 Å². The number of aromatic amines is 1. The molecule has 0 aliphatic carbocycles. The maximum atomic E-state index is 12.8. The van der Waals surface area contributed by atoms with Crippen molar-refractivity contribution < 1.29 is 14.3 Å². The number of rotatable bonds is 4. The molecule has 27 heavy (non-hydrogen) atoms. The average Bonchev–Trinajstić information content (AvgIpc) is 3.20. The average molecular weight is 365 g/mol. The molecule has 1 amide bonds. The molecule has 0 bridgehead atoms. The highest BCUT2D eigenvalue weighted by atomic mass is 16.5. The highest BCUT2D eigenvalue weighted by Crippen LogP contribution is 2.24. The summed E-state index contributed by atoms with van der Waals surface area (Å²) in [6.45, 7) is 1.24. The fraction of sp³-hybridized carbons (Fsp3) is 0.263.